The lowest BCUT2D eigenvalue weighted by Gasteiger charge is -2.33. The Labute approximate surface area is 181 Å². The van der Waals surface area contributed by atoms with Crippen LogP contribution in [0.2, 0.25) is 0 Å². The van der Waals surface area contributed by atoms with E-state index in [0.717, 1.165) is 0 Å². The normalized spacial score (nSPS) is 15.3. The van der Waals surface area contributed by atoms with Crippen LogP contribution in [0, 0.1) is 23.0 Å². The molecule has 10 heteroatoms. The fourth-order valence-corrected chi connectivity index (χ4v) is 4.28. The van der Waals surface area contributed by atoms with E-state index >= 15 is 0 Å². The Morgan fingerprint density at radius 1 is 1.16 bits per heavy atom. The van der Waals surface area contributed by atoms with Gasteiger partial charge in [-0.2, -0.15) is 13.2 Å². The smallest absolute Gasteiger partial charge is 0.339 e. The Morgan fingerprint density at radius 2 is 1.84 bits per heavy atom. The first-order valence-electron chi connectivity index (χ1n) is 10.2. The molecule has 0 spiro atoms. The molecule has 0 radical (unpaired) electrons. The third-order valence-electron chi connectivity index (χ3n) is 5.98. The van der Waals surface area contributed by atoms with Gasteiger partial charge in [-0.05, 0) is 43.9 Å². The van der Waals surface area contributed by atoms with Crippen LogP contribution in [0.1, 0.15) is 34.6 Å². The van der Waals surface area contributed by atoms with Crippen LogP contribution < -0.4 is 0 Å². The molecule has 0 bridgehead atoms. The van der Waals surface area contributed by atoms with Crippen LogP contribution in [0.4, 0.5) is 18.9 Å². The van der Waals surface area contributed by atoms with E-state index in [-0.39, 0.29) is 29.6 Å². The zero-order valence-corrected chi connectivity index (χ0v) is 17.3. The summed E-state index contributed by atoms with van der Waals surface area (Å²) in [5.41, 5.74) is 1.21. The van der Waals surface area contributed by atoms with Gasteiger partial charge in [-0.1, -0.05) is 18.2 Å². The summed E-state index contributed by atoms with van der Waals surface area (Å²) in [6.45, 7) is 2.45. The average Bonchev–Trinajstić information content (AvgIpc) is 3.13. The Balaban J connectivity index is 1.49. The van der Waals surface area contributed by atoms with Crippen molar-refractivity contribution in [2.45, 2.75) is 32.5 Å². The number of likely N-dealkylation sites (tertiary alicyclic amines) is 1. The molecule has 0 aliphatic carbocycles. The molecule has 0 atom stereocenters. The molecule has 2 heterocycles. The fraction of sp³-hybridized carbons (Fsp3) is 0.364. The van der Waals surface area contributed by atoms with Crippen LogP contribution >= 0.6 is 0 Å². The summed E-state index contributed by atoms with van der Waals surface area (Å²) in [5, 5.41) is 11.2. The predicted molar refractivity (Wildman–Crippen MR) is 111 cm³/mol. The summed E-state index contributed by atoms with van der Waals surface area (Å²) in [5.74, 6) is -1.26. The Morgan fingerprint density at radius 3 is 2.50 bits per heavy atom. The number of amides is 1. The third-order valence-corrected chi connectivity index (χ3v) is 5.98. The number of hydrogen-bond acceptors (Lipinski definition) is 4. The van der Waals surface area contributed by atoms with E-state index < -0.39 is 16.9 Å². The van der Waals surface area contributed by atoms with Gasteiger partial charge in [0.05, 0.1) is 16.0 Å². The van der Waals surface area contributed by atoms with Gasteiger partial charge in [-0.25, -0.2) is 4.98 Å². The lowest BCUT2D eigenvalue weighted by molar-refractivity contribution is -0.385. The molecule has 0 N–H and O–H groups in total. The maximum absolute atomic E-state index is 13.5. The number of piperidine rings is 1. The molecule has 1 fully saturated rings. The number of carbonyl (C=O) groups excluding carboxylic acids is 1. The number of hydrogen-bond donors (Lipinski definition) is 0. The minimum atomic E-state index is -4.56. The Hall–Kier alpha value is -3.43. The number of halogens is 3. The SMILES string of the molecule is Cc1c(C(=O)N2CCC(Cn3c(C(F)(F)F)nc4ccccc43)CC2)cccc1[N+](=O)[O-]. The largest absolute Gasteiger partial charge is 0.449 e. The van der Waals surface area contributed by atoms with Crippen LogP contribution in [0.15, 0.2) is 42.5 Å². The zero-order chi connectivity index (χ0) is 23.0. The van der Waals surface area contributed by atoms with Crippen LogP contribution in [0.25, 0.3) is 11.0 Å². The predicted octanol–water partition coefficient (Wildman–Crippen LogP) is 4.82. The van der Waals surface area contributed by atoms with E-state index in [0.29, 0.717) is 42.5 Å². The Kier molecular flexibility index (Phi) is 5.62. The number of rotatable bonds is 4. The standard InChI is InChI=1S/C22H21F3N4O3/c1-14-16(5-4-8-18(14)29(31)32)20(30)27-11-9-15(10-12-27)13-28-19-7-3-2-6-17(19)26-21(28)22(23,24)25/h2-8,15H,9-13H2,1H3. The first-order valence-corrected chi connectivity index (χ1v) is 10.2. The number of para-hydroxylation sites is 2. The fourth-order valence-electron chi connectivity index (χ4n) is 4.28. The molecule has 1 aliphatic rings. The second-order valence-corrected chi connectivity index (χ2v) is 7.97. The highest BCUT2D eigenvalue weighted by Crippen LogP contribution is 2.33. The van der Waals surface area contributed by atoms with Crippen molar-refractivity contribution in [2.24, 2.45) is 5.92 Å². The Bertz CT molecular complexity index is 1180. The summed E-state index contributed by atoms with van der Waals surface area (Å²) in [7, 11) is 0. The summed E-state index contributed by atoms with van der Waals surface area (Å²) in [6, 6.07) is 10.9. The molecule has 7 nitrogen and oxygen atoms in total. The number of benzene rings is 2. The van der Waals surface area contributed by atoms with E-state index in [1.807, 2.05) is 0 Å². The quantitative estimate of drug-likeness (QED) is 0.425. The molecule has 0 saturated carbocycles. The number of imidazole rings is 1. The van der Waals surface area contributed by atoms with Gasteiger partial charge in [0.2, 0.25) is 5.82 Å². The van der Waals surface area contributed by atoms with Gasteiger partial charge in [-0.15, -0.1) is 0 Å². The molecular formula is C22H21F3N4O3. The van der Waals surface area contributed by atoms with Gasteiger partial charge in [-0.3, -0.25) is 14.9 Å². The molecule has 0 unspecified atom stereocenters. The molecule has 2 aromatic carbocycles. The molecule has 1 aromatic heterocycles. The van der Waals surface area contributed by atoms with Crippen molar-refractivity contribution in [2.75, 3.05) is 13.1 Å². The van der Waals surface area contributed by atoms with Crippen LogP contribution in [-0.4, -0.2) is 38.4 Å². The number of carbonyl (C=O) groups is 1. The van der Waals surface area contributed by atoms with E-state index in [1.54, 1.807) is 42.2 Å². The second kappa shape index (κ2) is 8.25. The van der Waals surface area contributed by atoms with Crippen molar-refractivity contribution in [1.82, 2.24) is 14.5 Å². The minimum Gasteiger partial charge on any atom is -0.339 e. The molecule has 1 saturated heterocycles. The van der Waals surface area contributed by atoms with E-state index in [2.05, 4.69) is 4.98 Å². The molecule has 1 amide bonds. The highest BCUT2D eigenvalue weighted by Gasteiger charge is 2.38. The van der Waals surface area contributed by atoms with Gasteiger partial charge >= 0.3 is 6.18 Å². The monoisotopic (exact) mass is 446 g/mol. The van der Waals surface area contributed by atoms with Gasteiger partial charge in [0.15, 0.2) is 0 Å². The number of aromatic nitrogens is 2. The van der Waals surface area contributed by atoms with Crippen LogP contribution in [-0.2, 0) is 12.7 Å². The van der Waals surface area contributed by atoms with Crippen LogP contribution in [0.3, 0.4) is 0 Å². The highest BCUT2D eigenvalue weighted by molar-refractivity contribution is 5.96. The van der Waals surface area contributed by atoms with Crippen molar-refractivity contribution in [1.29, 1.82) is 0 Å². The summed E-state index contributed by atoms with van der Waals surface area (Å²) in [6.07, 6.45) is -3.50. The van der Waals surface area contributed by atoms with Gasteiger partial charge < -0.3 is 9.47 Å². The van der Waals surface area contributed by atoms with Crippen molar-refractivity contribution in [3.63, 3.8) is 0 Å². The second-order valence-electron chi connectivity index (χ2n) is 7.97. The summed E-state index contributed by atoms with van der Waals surface area (Å²) < 4.78 is 41.8. The first-order chi connectivity index (χ1) is 15.2. The topological polar surface area (TPSA) is 81.3 Å². The maximum atomic E-state index is 13.5. The molecular weight excluding hydrogens is 425 g/mol. The number of nitro groups is 1. The van der Waals surface area contributed by atoms with Crippen molar-refractivity contribution >= 4 is 22.6 Å². The van der Waals surface area contributed by atoms with Crippen molar-refractivity contribution in [3.8, 4) is 0 Å². The number of nitro benzene ring substituents is 1. The molecule has 1 aliphatic heterocycles. The van der Waals surface area contributed by atoms with E-state index in [9.17, 15) is 28.1 Å². The van der Waals surface area contributed by atoms with Gasteiger partial charge in [0, 0.05) is 36.8 Å². The van der Waals surface area contributed by atoms with E-state index in [4.69, 9.17) is 0 Å². The van der Waals surface area contributed by atoms with Crippen molar-refractivity contribution in [3.05, 3.63) is 69.5 Å². The van der Waals surface area contributed by atoms with Crippen LogP contribution in [0.5, 0.6) is 0 Å². The summed E-state index contributed by atoms with van der Waals surface area (Å²) in [4.78, 5) is 28.9. The molecule has 3 aromatic rings. The minimum absolute atomic E-state index is 0.0519. The molecule has 4 rings (SSSR count). The molecule has 168 valence electrons. The number of alkyl halides is 3. The maximum Gasteiger partial charge on any atom is 0.449 e. The number of fused-ring (bicyclic) bond motifs is 1. The number of nitrogens with zero attached hydrogens (tertiary/aromatic N) is 4. The first kappa shape index (κ1) is 21.8. The lowest BCUT2D eigenvalue weighted by atomic mass is 9.95. The lowest BCUT2D eigenvalue weighted by Crippen LogP contribution is -2.39. The van der Waals surface area contributed by atoms with E-state index in [1.165, 1.54) is 16.7 Å². The summed E-state index contributed by atoms with van der Waals surface area (Å²) >= 11 is 0. The third kappa shape index (κ3) is 4.04. The van der Waals surface area contributed by atoms with Gasteiger partial charge in [0.25, 0.3) is 11.6 Å². The van der Waals surface area contributed by atoms with Gasteiger partial charge in [0.1, 0.15) is 0 Å². The van der Waals surface area contributed by atoms with Crippen molar-refractivity contribution < 1.29 is 22.9 Å². The highest BCUT2D eigenvalue weighted by atomic mass is 19.4. The zero-order valence-electron chi connectivity index (χ0n) is 17.3. The average molecular weight is 446 g/mol. The molecule has 32 heavy (non-hydrogen) atoms.